The van der Waals surface area contributed by atoms with E-state index in [-0.39, 0.29) is 5.91 Å². The lowest BCUT2D eigenvalue weighted by Crippen LogP contribution is -2.27. The Labute approximate surface area is 148 Å². The number of hydrogen-bond acceptors (Lipinski definition) is 3. The van der Waals surface area contributed by atoms with E-state index in [9.17, 15) is 4.79 Å². The van der Waals surface area contributed by atoms with Crippen molar-refractivity contribution in [3.05, 3.63) is 57.2 Å². The summed E-state index contributed by atoms with van der Waals surface area (Å²) in [4.78, 5) is 17.9. The second-order valence-corrected chi connectivity index (χ2v) is 6.94. The van der Waals surface area contributed by atoms with Crippen LogP contribution >= 0.6 is 46.6 Å². The molecule has 0 aliphatic rings. The van der Waals surface area contributed by atoms with Gasteiger partial charge in [0.05, 0.1) is 15.8 Å². The Hall–Kier alpha value is -0.940. The third-order valence-corrected chi connectivity index (χ3v) is 4.40. The normalized spacial score (nSPS) is 10.5. The van der Waals surface area contributed by atoms with Gasteiger partial charge in [-0.2, -0.15) is 0 Å². The van der Waals surface area contributed by atoms with Crippen LogP contribution in [-0.4, -0.2) is 28.6 Å². The van der Waals surface area contributed by atoms with Gasteiger partial charge in [0.1, 0.15) is 0 Å². The van der Waals surface area contributed by atoms with E-state index in [0.717, 1.165) is 10.6 Å². The Morgan fingerprint density at radius 3 is 2.41 bits per heavy atom. The monoisotopic (exact) mass is 374 g/mol. The number of carbonyl (C=O) groups excluding carboxylic acids is 1. The minimum absolute atomic E-state index is 0.00199. The molecule has 0 N–H and O–H groups in total. The molecule has 2 aromatic rings. The van der Waals surface area contributed by atoms with Crippen molar-refractivity contribution in [3.63, 3.8) is 0 Å². The molecule has 2 rings (SSSR count). The first kappa shape index (κ1) is 17.4. The topological polar surface area (TPSA) is 33.2 Å². The summed E-state index contributed by atoms with van der Waals surface area (Å²) < 4.78 is 0. The first-order chi connectivity index (χ1) is 10.4. The lowest BCUT2D eigenvalue weighted by molar-refractivity contribution is -0.127. The summed E-state index contributed by atoms with van der Waals surface area (Å²) in [6.45, 7) is 0.452. The van der Waals surface area contributed by atoms with Crippen LogP contribution in [0.3, 0.4) is 0 Å². The first-order valence-electron chi connectivity index (χ1n) is 6.37. The zero-order valence-corrected chi connectivity index (χ0v) is 14.8. The molecular weight excluding hydrogens is 363 g/mol. The van der Waals surface area contributed by atoms with Crippen molar-refractivity contribution < 1.29 is 4.79 Å². The molecule has 0 unspecified atom stereocenters. The van der Waals surface area contributed by atoms with Crippen molar-refractivity contribution in [2.75, 3.05) is 12.8 Å². The van der Waals surface area contributed by atoms with E-state index in [1.165, 1.54) is 11.8 Å². The van der Waals surface area contributed by atoms with Crippen molar-refractivity contribution in [2.45, 2.75) is 11.6 Å². The molecule has 0 fully saturated rings. The van der Waals surface area contributed by atoms with Crippen LogP contribution in [-0.2, 0) is 11.3 Å². The average molecular weight is 376 g/mol. The number of pyridine rings is 1. The van der Waals surface area contributed by atoms with Gasteiger partial charge in [-0.05, 0) is 35.9 Å². The molecular formula is C15H13Cl3N2OS. The molecule has 1 amide bonds. The number of hydrogen-bond donors (Lipinski definition) is 0. The summed E-state index contributed by atoms with van der Waals surface area (Å²) in [6.07, 6.45) is 1.56. The van der Waals surface area contributed by atoms with Gasteiger partial charge in [0.15, 0.2) is 0 Å². The Kier molecular flexibility index (Phi) is 6.38. The minimum atomic E-state index is -0.00199. The van der Waals surface area contributed by atoms with Gasteiger partial charge in [-0.3, -0.25) is 4.79 Å². The molecule has 116 valence electrons. The van der Waals surface area contributed by atoms with Gasteiger partial charge in [0, 0.05) is 29.8 Å². The van der Waals surface area contributed by atoms with E-state index >= 15 is 0 Å². The quantitative estimate of drug-likeness (QED) is 0.704. The number of halogens is 3. The Morgan fingerprint density at radius 1 is 1.14 bits per heavy atom. The smallest absolute Gasteiger partial charge is 0.233 e. The molecule has 0 saturated heterocycles. The number of aromatic nitrogens is 1. The summed E-state index contributed by atoms with van der Waals surface area (Å²) in [5.74, 6) is 0.303. The fourth-order valence-corrected chi connectivity index (χ4v) is 3.22. The Balaban J connectivity index is 1.90. The van der Waals surface area contributed by atoms with Crippen LogP contribution in [0, 0.1) is 0 Å². The second-order valence-electron chi connectivity index (χ2n) is 4.63. The van der Waals surface area contributed by atoms with E-state index in [2.05, 4.69) is 4.98 Å². The highest BCUT2D eigenvalue weighted by Gasteiger charge is 2.11. The first-order valence-corrected chi connectivity index (χ1v) is 8.49. The molecule has 7 heteroatoms. The number of benzene rings is 1. The Morgan fingerprint density at radius 2 is 1.82 bits per heavy atom. The van der Waals surface area contributed by atoms with Crippen LogP contribution in [0.2, 0.25) is 15.1 Å². The van der Waals surface area contributed by atoms with Gasteiger partial charge in [0.25, 0.3) is 0 Å². The van der Waals surface area contributed by atoms with Crippen molar-refractivity contribution in [1.29, 1.82) is 0 Å². The number of nitrogens with zero attached hydrogens (tertiary/aromatic N) is 2. The summed E-state index contributed by atoms with van der Waals surface area (Å²) in [7, 11) is 1.74. The van der Waals surface area contributed by atoms with Crippen molar-refractivity contribution in [3.8, 4) is 0 Å². The van der Waals surface area contributed by atoms with Crippen molar-refractivity contribution in [1.82, 2.24) is 9.88 Å². The number of carbonyl (C=O) groups is 1. The van der Waals surface area contributed by atoms with Gasteiger partial charge in [-0.15, -0.1) is 0 Å². The fraction of sp³-hybridized carbons (Fsp3) is 0.200. The van der Waals surface area contributed by atoms with E-state index in [4.69, 9.17) is 34.8 Å². The third-order valence-electron chi connectivity index (χ3n) is 2.81. The molecule has 0 atom stereocenters. The molecule has 0 aliphatic heterocycles. The molecule has 1 heterocycles. The highest BCUT2D eigenvalue weighted by atomic mass is 35.5. The summed E-state index contributed by atoms with van der Waals surface area (Å²) >= 11 is 19.1. The maximum absolute atomic E-state index is 12.1. The number of amides is 1. The molecule has 0 aliphatic carbocycles. The van der Waals surface area contributed by atoms with Gasteiger partial charge in [0.2, 0.25) is 5.91 Å². The predicted molar refractivity (Wildman–Crippen MR) is 92.9 cm³/mol. The predicted octanol–water partition coefficient (Wildman–Crippen LogP) is 4.79. The molecule has 0 saturated carbocycles. The van der Waals surface area contributed by atoms with Gasteiger partial charge < -0.3 is 4.90 Å². The van der Waals surface area contributed by atoms with E-state index in [1.807, 2.05) is 0 Å². The number of thioether (sulfide) groups is 1. The van der Waals surface area contributed by atoms with Crippen LogP contribution in [0.25, 0.3) is 0 Å². The van der Waals surface area contributed by atoms with Crippen LogP contribution in [0.15, 0.2) is 41.6 Å². The van der Waals surface area contributed by atoms with Gasteiger partial charge >= 0.3 is 0 Å². The zero-order chi connectivity index (χ0) is 16.1. The lowest BCUT2D eigenvalue weighted by atomic mass is 10.2. The fourth-order valence-electron chi connectivity index (χ4n) is 1.76. The third kappa shape index (κ3) is 5.36. The maximum atomic E-state index is 12.1. The highest BCUT2D eigenvalue weighted by molar-refractivity contribution is 7.99. The summed E-state index contributed by atoms with van der Waals surface area (Å²) in [5, 5.41) is 2.45. The lowest BCUT2D eigenvalue weighted by Gasteiger charge is -2.17. The van der Waals surface area contributed by atoms with Crippen LogP contribution < -0.4 is 0 Å². The van der Waals surface area contributed by atoms with Crippen LogP contribution in [0.4, 0.5) is 0 Å². The van der Waals surface area contributed by atoms with E-state index < -0.39 is 0 Å². The van der Waals surface area contributed by atoms with Gasteiger partial charge in [-0.1, -0.05) is 46.6 Å². The van der Waals surface area contributed by atoms with Crippen LogP contribution in [0.5, 0.6) is 0 Å². The SMILES string of the molecule is CN(Cc1cc(Cl)cc(Cl)c1)C(=O)CSc1ccc(Cl)cn1. The van der Waals surface area contributed by atoms with E-state index in [1.54, 1.807) is 48.5 Å². The number of rotatable bonds is 5. The highest BCUT2D eigenvalue weighted by Crippen LogP contribution is 2.21. The molecule has 0 spiro atoms. The molecule has 3 nitrogen and oxygen atoms in total. The minimum Gasteiger partial charge on any atom is -0.341 e. The van der Waals surface area contributed by atoms with Crippen molar-refractivity contribution in [2.24, 2.45) is 0 Å². The largest absolute Gasteiger partial charge is 0.341 e. The standard InChI is InChI=1S/C15H13Cl3N2OS/c1-20(8-10-4-12(17)6-13(18)5-10)15(21)9-22-14-3-2-11(16)7-19-14/h2-7H,8-9H2,1H3. The molecule has 0 radical (unpaired) electrons. The zero-order valence-electron chi connectivity index (χ0n) is 11.7. The van der Waals surface area contributed by atoms with E-state index in [0.29, 0.717) is 27.4 Å². The summed E-state index contributed by atoms with van der Waals surface area (Å²) in [5.41, 5.74) is 0.892. The Bertz CT molecular complexity index is 644. The summed E-state index contributed by atoms with van der Waals surface area (Å²) in [6, 6.07) is 8.79. The molecule has 22 heavy (non-hydrogen) atoms. The molecule has 0 bridgehead atoms. The molecule has 1 aromatic heterocycles. The maximum Gasteiger partial charge on any atom is 0.233 e. The average Bonchev–Trinajstić information content (AvgIpc) is 2.45. The van der Waals surface area contributed by atoms with Crippen molar-refractivity contribution >= 4 is 52.5 Å². The van der Waals surface area contributed by atoms with Crippen LogP contribution in [0.1, 0.15) is 5.56 Å². The molecule has 1 aromatic carbocycles. The van der Waals surface area contributed by atoms with Gasteiger partial charge in [-0.25, -0.2) is 4.98 Å². The second kappa shape index (κ2) is 8.06.